The molecule has 1 saturated heterocycles. The normalized spacial score (nSPS) is 27.4. The molecular weight excluding hydrogens is 473 g/mol. The van der Waals surface area contributed by atoms with Gasteiger partial charge in [-0.15, -0.1) is 0 Å². The fourth-order valence-corrected chi connectivity index (χ4v) is 5.13. The van der Waals surface area contributed by atoms with Crippen LogP contribution in [0.5, 0.6) is 5.88 Å². The molecule has 11 nitrogen and oxygen atoms in total. The second-order valence-corrected chi connectivity index (χ2v) is 9.59. The van der Waals surface area contributed by atoms with Gasteiger partial charge in [0, 0.05) is 26.1 Å². The lowest BCUT2D eigenvalue weighted by Crippen LogP contribution is -2.48. The molecule has 6 N–H and O–H groups in total. The lowest BCUT2D eigenvalue weighted by atomic mass is 9.78. The van der Waals surface area contributed by atoms with Crippen LogP contribution >= 0.6 is 0 Å². The molecule has 14 heteroatoms. The largest absolute Gasteiger partial charge is 0.494 e. The number of alkyl halides is 3. The Bertz CT molecular complexity index is 1110. The van der Waals surface area contributed by atoms with Crippen LogP contribution in [0.25, 0.3) is 0 Å². The number of nitrogen functional groups attached to an aromatic ring is 1. The van der Waals surface area contributed by atoms with Gasteiger partial charge >= 0.3 is 11.9 Å². The van der Waals surface area contributed by atoms with Gasteiger partial charge in [0.15, 0.2) is 6.35 Å². The van der Waals surface area contributed by atoms with Gasteiger partial charge in [-0.2, -0.15) is 13.2 Å². The molecule has 0 spiro atoms. The molecule has 2 aliphatic rings. The van der Waals surface area contributed by atoms with E-state index in [4.69, 9.17) is 11.1 Å². The minimum atomic E-state index is -4.45. The number of amides is 1. The molecule has 1 unspecified atom stereocenters. The lowest BCUT2D eigenvalue weighted by molar-refractivity contribution is -0.136. The standard InChI is InChI=1S/C21H31F3N6O5/c1-20(17(33)28(2)18(34)27-20)10-11-4-6-12(7-5-11)30-16(32)13(14(25)26)15(31)29(19(30)35)9-3-8-21(22,23)24/h11-12,18,27,31,34H,3-10H2,1-2H3,(H3,25,26)/t11?,12?,18?,20-/m0/s1. The molecule has 0 aromatic carbocycles. The van der Waals surface area contributed by atoms with Crippen molar-refractivity contribution in [2.75, 3.05) is 7.05 Å². The second kappa shape index (κ2) is 9.64. The van der Waals surface area contributed by atoms with E-state index in [9.17, 15) is 37.8 Å². The highest BCUT2D eigenvalue weighted by Gasteiger charge is 2.47. The Morgan fingerprint density at radius 3 is 2.31 bits per heavy atom. The zero-order valence-electron chi connectivity index (χ0n) is 19.6. The third-order valence-corrected chi connectivity index (χ3v) is 6.95. The number of hydrogen-bond acceptors (Lipinski definition) is 7. The monoisotopic (exact) mass is 504 g/mol. The van der Waals surface area contributed by atoms with Gasteiger partial charge in [0.2, 0.25) is 11.8 Å². The number of aliphatic hydroxyl groups excluding tert-OH is 1. The predicted molar refractivity (Wildman–Crippen MR) is 119 cm³/mol. The summed E-state index contributed by atoms with van der Waals surface area (Å²) in [7, 11) is 1.49. The Hall–Kier alpha value is -2.87. The number of halogens is 3. The molecule has 1 aliphatic carbocycles. The zero-order chi connectivity index (χ0) is 26.3. The Labute approximate surface area is 198 Å². The number of carbonyl (C=O) groups excluding carboxylic acids is 1. The van der Waals surface area contributed by atoms with Crippen LogP contribution in [0.1, 0.15) is 63.5 Å². The Morgan fingerprint density at radius 2 is 1.83 bits per heavy atom. The Kier molecular flexibility index (Phi) is 7.37. The van der Waals surface area contributed by atoms with Crippen molar-refractivity contribution in [3.8, 4) is 5.88 Å². The van der Waals surface area contributed by atoms with E-state index in [-0.39, 0.29) is 11.8 Å². The van der Waals surface area contributed by atoms with Gasteiger partial charge < -0.3 is 20.8 Å². The molecule has 35 heavy (non-hydrogen) atoms. The highest BCUT2D eigenvalue weighted by molar-refractivity contribution is 5.96. The van der Waals surface area contributed by atoms with Crippen molar-refractivity contribution >= 4 is 11.7 Å². The zero-order valence-corrected chi connectivity index (χ0v) is 19.6. The highest BCUT2D eigenvalue weighted by Crippen LogP contribution is 2.37. The van der Waals surface area contributed by atoms with E-state index in [0.29, 0.717) is 36.7 Å². The number of rotatable bonds is 7. The van der Waals surface area contributed by atoms with Gasteiger partial charge in [0.25, 0.3) is 5.56 Å². The van der Waals surface area contributed by atoms with Crippen LogP contribution in [0, 0.1) is 11.3 Å². The molecule has 3 rings (SSSR count). The number of carbonyl (C=O) groups is 1. The van der Waals surface area contributed by atoms with Crippen LogP contribution in [0.2, 0.25) is 0 Å². The van der Waals surface area contributed by atoms with E-state index >= 15 is 0 Å². The Morgan fingerprint density at radius 1 is 1.23 bits per heavy atom. The van der Waals surface area contributed by atoms with Crippen molar-refractivity contribution in [3.05, 3.63) is 26.4 Å². The maximum Gasteiger partial charge on any atom is 0.389 e. The van der Waals surface area contributed by atoms with E-state index in [1.807, 2.05) is 0 Å². The summed E-state index contributed by atoms with van der Waals surface area (Å²) in [4.78, 5) is 39.7. The number of nitrogens with one attached hydrogen (secondary N) is 2. The topological polar surface area (TPSA) is 167 Å². The number of aliphatic hydroxyl groups is 1. The smallest absolute Gasteiger partial charge is 0.389 e. The molecule has 1 aromatic rings. The van der Waals surface area contributed by atoms with Gasteiger partial charge in [0.05, 0.1) is 5.54 Å². The number of nitrogens with zero attached hydrogens (tertiary/aromatic N) is 3. The summed E-state index contributed by atoms with van der Waals surface area (Å²) in [5.41, 5.74) is 1.96. The molecule has 1 aromatic heterocycles. The summed E-state index contributed by atoms with van der Waals surface area (Å²) in [6, 6.07) is -0.605. The summed E-state index contributed by atoms with van der Waals surface area (Å²) in [5.74, 6) is -1.89. The van der Waals surface area contributed by atoms with Crippen LogP contribution < -0.4 is 22.3 Å². The van der Waals surface area contributed by atoms with Crippen molar-refractivity contribution in [2.24, 2.45) is 11.7 Å². The molecule has 2 fully saturated rings. The molecule has 0 bridgehead atoms. The first-order valence-electron chi connectivity index (χ1n) is 11.4. The number of aromatic hydroxyl groups is 1. The van der Waals surface area contributed by atoms with Crippen LogP contribution in [0.15, 0.2) is 9.59 Å². The maximum absolute atomic E-state index is 13.1. The second-order valence-electron chi connectivity index (χ2n) is 9.59. The number of nitrogens with two attached hydrogens (primary N) is 1. The highest BCUT2D eigenvalue weighted by atomic mass is 19.4. The van der Waals surface area contributed by atoms with Gasteiger partial charge in [-0.1, -0.05) is 0 Å². The molecule has 1 amide bonds. The van der Waals surface area contributed by atoms with Crippen LogP contribution in [0.3, 0.4) is 0 Å². The van der Waals surface area contributed by atoms with Crippen molar-refractivity contribution in [3.63, 3.8) is 0 Å². The predicted octanol–water partition coefficient (Wildman–Crippen LogP) is 0.560. The minimum Gasteiger partial charge on any atom is -0.494 e. The molecule has 2 atom stereocenters. The van der Waals surface area contributed by atoms with Gasteiger partial charge in [-0.05, 0) is 51.4 Å². The summed E-state index contributed by atoms with van der Waals surface area (Å²) < 4.78 is 39.3. The van der Waals surface area contributed by atoms with E-state index < -0.39 is 72.0 Å². The average Bonchev–Trinajstić information content (AvgIpc) is 2.93. The summed E-state index contributed by atoms with van der Waals surface area (Å²) in [6.45, 7) is 1.21. The molecule has 1 saturated carbocycles. The fraction of sp³-hybridized carbons (Fsp3) is 0.714. The minimum absolute atomic E-state index is 0.0560. The van der Waals surface area contributed by atoms with Crippen molar-refractivity contribution in [1.29, 1.82) is 5.41 Å². The summed E-state index contributed by atoms with van der Waals surface area (Å²) in [6.07, 6.45) is -4.96. The molecule has 0 radical (unpaired) electrons. The number of likely N-dealkylation sites (N-methyl/N-ethyl adjacent to an activating group) is 1. The quantitative estimate of drug-likeness (QED) is 0.267. The number of aromatic nitrogens is 2. The number of hydrogen-bond donors (Lipinski definition) is 5. The SMILES string of the molecule is CN1C(=O)[C@](C)(CC2CCC(n3c(=O)c(C(=N)N)c(O)n(CCCC(F)(F)F)c3=O)CC2)NC1O. The first kappa shape index (κ1) is 26.7. The third-order valence-electron chi connectivity index (χ3n) is 6.95. The fourth-order valence-electron chi connectivity index (χ4n) is 5.13. The van der Waals surface area contributed by atoms with Crippen LogP contribution in [-0.2, 0) is 11.3 Å². The van der Waals surface area contributed by atoms with Crippen molar-refractivity contribution < 1.29 is 28.2 Å². The van der Waals surface area contributed by atoms with E-state index in [2.05, 4.69) is 5.32 Å². The van der Waals surface area contributed by atoms with E-state index in [0.717, 1.165) is 4.57 Å². The molecule has 1 aliphatic heterocycles. The van der Waals surface area contributed by atoms with E-state index in [1.54, 1.807) is 6.92 Å². The first-order chi connectivity index (χ1) is 16.2. The van der Waals surface area contributed by atoms with E-state index in [1.165, 1.54) is 11.9 Å². The summed E-state index contributed by atoms with van der Waals surface area (Å²) in [5, 5.41) is 30.8. The van der Waals surface area contributed by atoms with Crippen LogP contribution in [-0.4, -0.2) is 61.1 Å². The van der Waals surface area contributed by atoms with Gasteiger partial charge in [0.1, 0.15) is 11.4 Å². The molecule has 2 heterocycles. The first-order valence-corrected chi connectivity index (χ1v) is 11.4. The molecular formula is C21H31F3N6O5. The van der Waals surface area contributed by atoms with Crippen LogP contribution in [0.4, 0.5) is 13.2 Å². The molecule has 196 valence electrons. The Balaban J connectivity index is 1.82. The van der Waals surface area contributed by atoms with Crippen molar-refractivity contribution in [2.45, 2.75) is 82.5 Å². The van der Waals surface area contributed by atoms with Crippen molar-refractivity contribution in [1.82, 2.24) is 19.4 Å². The maximum atomic E-state index is 13.1. The average molecular weight is 505 g/mol. The lowest BCUT2D eigenvalue weighted by Gasteiger charge is -2.34. The summed E-state index contributed by atoms with van der Waals surface area (Å²) >= 11 is 0. The number of amidine groups is 1. The third kappa shape index (κ3) is 5.37. The van der Waals surface area contributed by atoms with Gasteiger partial charge in [-0.3, -0.25) is 29.4 Å². The van der Waals surface area contributed by atoms with Gasteiger partial charge in [-0.25, -0.2) is 4.79 Å².